The van der Waals surface area contributed by atoms with Gasteiger partial charge < -0.3 is 18.9 Å². The zero-order chi connectivity index (χ0) is 17.5. The van der Waals surface area contributed by atoms with Gasteiger partial charge in [-0.2, -0.15) is 13.8 Å². The van der Waals surface area contributed by atoms with Gasteiger partial charge in [0.25, 0.3) is 0 Å². The van der Waals surface area contributed by atoms with Crippen molar-refractivity contribution in [2.75, 3.05) is 18.0 Å². The number of alkyl halides is 2. The Morgan fingerprint density at radius 2 is 1.71 bits per heavy atom. The molecule has 0 aliphatic carbocycles. The van der Waals surface area contributed by atoms with Crippen molar-refractivity contribution in [2.45, 2.75) is 58.4 Å². The lowest BCUT2D eigenvalue weighted by molar-refractivity contribution is -0.0521. The average molecular weight is 340 g/mol. The summed E-state index contributed by atoms with van der Waals surface area (Å²) in [4.78, 5) is 6.36. The summed E-state index contributed by atoms with van der Waals surface area (Å²) in [6.07, 6.45) is 2.15. The van der Waals surface area contributed by atoms with Crippen molar-refractivity contribution in [3.8, 4) is 5.88 Å². The van der Waals surface area contributed by atoms with E-state index >= 15 is 0 Å². The maximum Gasteiger partial charge on any atom is 0.500 e. The number of aromatic nitrogens is 1. The molecule has 0 aromatic carbocycles. The molecule has 2 fully saturated rings. The number of hydrogen-bond acceptors (Lipinski definition) is 5. The van der Waals surface area contributed by atoms with Crippen LogP contribution in [0.2, 0.25) is 0 Å². The Balaban J connectivity index is 1.92. The van der Waals surface area contributed by atoms with Crippen molar-refractivity contribution in [3.63, 3.8) is 0 Å². The molecular formula is C16H23BF2N2O3. The van der Waals surface area contributed by atoms with E-state index in [1.807, 2.05) is 33.8 Å². The zero-order valence-electron chi connectivity index (χ0n) is 14.5. The Bertz CT molecular complexity index is 591. The summed E-state index contributed by atoms with van der Waals surface area (Å²) in [7, 11) is -0.788. The van der Waals surface area contributed by atoms with E-state index in [4.69, 9.17) is 9.31 Å². The van der Waals surface area contributed by atoms with Crippen LogP contribution in [0.15, 0.2) is 12.1 Å². The number of pyridine rings is 1. The molecule has 1 aromatic rings. The predicted octanol–water partition coefficient (Wildman–Crippen LogP) is 2.58. The Labute approximate surface area is 141 Å². The highest BCUT2D eigenvalue weighted by molar-refractivity contribution is 6.63. The molecular weight excluding hydrogens is 317 g/mol. The molecule has 132 valence electrons. The zero-order valence-corrected chi connectivity index (χ0v) is 14.5. The van der Waals surface area contributed by atoms with Crippen LogP contribution in [-0.2, 0) is 9.31 Å². The van der Waals surface area contributed by atoms with Gasteiger partial charge in [0.15, 0.2) is 0 Å². The predicted molar refractivity (Wildman–Crippen MR) is 88.0 cm³/mol. The van der Waals surface area contributed by atoms with Gasteiger partial charge in [0.2, 0.25) is 5.88 Å². The van der Waals surface area contributed by atoms with E-state index in [0.717, 1.165) is 25.9 Å². The van der Waals surface area contributed by atoms with E-state index in [2.05, 4.69) is 14.6 Å². The lowest BCUT2D eigenvalue weighted by Gasteiger charge is -2.32. The normalized spacial score (nSPS) is 22.5. The van der Waals surface area contributed by atoms with Gasteiger partial charge in [0, 0.05) is 18.6 Å². The van der Waals surface area contributed by atoms with Crippen molar-refractivity contribution in [3.05, 3.63) is 12.1 Å². The van der Waals surface area contributed by atoms with Gasteiger partial charge in [-0.3, -0.25) is 0 Å². The average Bonchev–Trinajstić information content (AvgIpc) is 3.05. The standard InChI is InChI=1S/C16H23BF2N2O3/c1-15(2)16(3,4)24-17(23-15)11-7-8-12(21-9-5-6-10-21)20-13(11)22-14(18)19/h7-8,14H,5-6,9-10H2,1-4H3. The van der Waals surface area contributed by atoms with Crippen LogP contribution in [0.1, 0.15) is 40.5 Å². The van der Waals surface area contributed by atoms with Crippen molar-refractivity contribution in [2.24, 2.45) is 0 Å². The number of ether oxygens (including phenoxy) is 1. The lowest BCUT2D eigenvalue weighted by atomic mass is 9.79. The molecule has 1 aromatic heterocycles. The molecule has 8 heteroatoms. The fraction of sp³-hybridized carbons (Fsp3) is 0.688. The van der Waals surface area contributed by atoms with Gasteiger partial charge in [-0.15, -0.1) is 0 Å². The van der Waals surface area contributed by atoms with Gasteiger partial charge in [-0.25, -0.2) is 0 Å². The molecule has 0 bridgehead atoms. The minimum Gasteiger partial charge on any atom is -0.417 e. The molecule has 0 unspecified atom stereocenters. The summed E-state index contributed by atoms with van der Waals surface area (Å²) in [6, 6.07) is 3.52. The number of hydrogen-bond donors (Lipinski definition) is 0. The Kier molecular flexibility index (Phi) is 4.46. The fourth-order valence-corrected chi connectivity index (χ4v) is 2.89. The molecule has 0 radical (unpaired) electrons. The van der Waals surface area contributed by atoms with Crippen LogP contribution >= 0.6 is 0 Å². The van der Waals surface area contributed by atoms with Gasteiger partial charge in [-0.05, 0) is 46.6 Å². The molecule has 0 saturated carbocycles. The summed E-state index contributed by atoms with van der Waals surface area (Å²) >= 11 is 0. The Hall–Kier alpha value is -1.41. The first-order valence-electron chi connectivity index (χ1n) is 8.26. The number of rotatable bonds is 4. The van der Waals surface area contributed by atoms with Crippen LogP contribution in [0.25, 0.3) is 0 Å². The van der Waals surface area contributed by atoms with Gasteiger partial charge in [0.1, 0.15) is 5.82 Å². The first-order valence-corrected chi connectivity index (χ1v) is 8.26. The van der Waals surface area contributed by atoms with Crippen LogP contribution < -0.4 is 15.1 Å². The summed E-state index contributed by atoms with van der Waals surface area (Å²) in [5.74, 6) is 0.510. The molecule has 0 spiro atoms. The third-order valence-corrected chi connectivity index (χ3v) is 5.01. The van der Waals surface area contributed by atoms with Gasteiger partial charge >= 0.3 is 13.7 Å². The highest BCUT2D eigenvalue weighted by atomic mass is 19.3. The summed E-state index contributed by atoms with van der Waals surface area (Å²) in [5, 5.41) is 0. The fourth-order valence-electron chi connectivity index (χ4n) is 2.89. The van der Waals surface area contributed by atoms with Crippen molar-refractivity contribution in [1.29, 1.82) is 0 Å². The molecule has 2 aliphatic heterocycles. The van der Waals surface area contributed by atoms with E-state index in [1.54, 1.807) is 6.07 Å². The number of anilines is 1. The van der Waals surface area contributed by atoms with E-state index in [-0.39, 0.29) is 5.88 Å². The van der Waals surface area contributed by atoms with Gasteiger partial charge in [0.05, 0.1) is 11.2 Å². The van der Waals surface area contributed by atoms with E-state index in [0.29, 0.717) is 11.3 Å². The molecule has 0 atom stereocenters. The van der Waals surface area contributed by atoms with E-state index in [9.17, 15) is 8.78 Å². The second-order valence-corrected chi connectivity index (χ2v) is 7.22. The smallest absolute Gasteiger partial charge is 0.417 e. The van der Waals surface area contributed by atoms with Crippen molar-refractivity contribution >= 4 is 18.4 Å². The van der Waals surface area contributed by atoms with Crippen LogP contribution in [0.3, 0.4) is 0 Å². The minimum absolute atomic E-state index is 0.132. The molecule has 5 nitrogen and oxygen atoms in total. The minimum atomic E-state index is -2.95. The quantitative estimate of drug-likeness (QED) is 0.789. The second kappa shape index (κ2) is 6.15. The summed E-state index contributed by atoms with van der Waals surface area (Å²) in [6.45, 7) is 6.43. The summed E-state index contributed by atoms with van der Waals surface area (Å²) in [5.41, 5.74) is -0.738. The topological polar surface area (TPSA) is 43.8 Å². The number of halogens is 2. The molecule has 0 N–H and O–H groups in total. The Morgan fingerprint density at radius 1 is 1.12 bits per heavy atom. The lowest BCUT2D eigenvalue weighted by Crippen LogP contribution is -2.41. The Morgan fingerprint density at radius 3 is 2.25 bits per heavy atom. The maximum atomic E-state index is 12.8. The summed E-state index contributed by atoms with van der Waals surface area (Å²) < 4.78 is 42.2. The van der Waals surface area contributed by atoms with Crippen LogP contribution in [-0.4, -0.2) is 43.0 Å². The largest absolute Gasteiger partial charge is 0.500 e. The first-order chi connectivity index (χ1) is 11.2. The van der Waals surface area contributed by atoms with Crippen molar-refractivity contribution in [1.82, 2.24) is 4.98 Å². The van der Waals surface area contributed by atoms with Crippen LogP contribution in [0, 0.1) is 0 Å². The molecule has 3 heterocycles. The number of nitrogens with zero attached hydrogens (tertiary/aromatic N) is 2. The highest BCUT2D eigenvalue weighted by Gasteiger charge is 2.52. The highest BCUT2D eigenvalue weighted by Crippen LogP contribution is 2.37. The van der Waals surface area contributed by atoms with E-state index < -0.39 is 24.9 Å². The first kappa shape index (κ1) is 17.4. The second-order valence-electron chi connectivity index (χ2n) is 7.22. The monoisotopic (exact) mass is 340 g/mol. The van der Waals surface area contributed by atoms with Crippen molar-refractivity contribution < 1.29 is 22.8 Å². The molecule has 2 aliphatic rings. The van der Waals surface area contributed by atoms with E-state index in [1.165, 1.54) is 0 Å². The molecule has 3 rings (SSSR count). The third-order valence-electron chi connectivity index (χ3n) is 5.01. The molecule has 2 saturated heterocycles. The SMILES string of the molecule is CC1(C)OB(c2ccc(N3CCCC3)nc2OC(F)F)OC1(C)C. The molecule has 24 heavy (non-hydrogen) atoms. The maximum absolute atomic E-state index is 12.8. The molecule has 0 amide bonds. The van der Waals surface area contributed by atoms with Crippen LogP contribution in [0.5, 0.6) is 5.88 Å². The van der Waals surface area contributed by atoms with Gasteiger partial charge in [-0.1, -0.05) is 6.07 Å². The third kappa shape index (κ3) is 3.21. The van der Waals surface area contributed by atoms with Crippen LogP contribution in [0.4, 0.5) is 14.6 Å².